The van der Waals surface area contributed by atoms with E-state index in [1.807, 2.05) is 0 Å². The molecule has 0 aromatic heterocycles. The van der Waals surface area contributed by atoms with Crippen molar-refractivity contribution in [1.82, 2.24) is 4.90 Å². The first kappa shape index (κ1) is 18.2. The van der Waals surface area contributed by atoms with Gasteiger partial charge in [-0.15, -0.1) is 0 Å². The average Bonchev–Trinajstić information content (AvgIpc) is 2.98. The zero-order chi connectivity index (χ0) is 19.7. The number of benzene rings is 2. The summed E-state index contributed by atoms with van der Waals surface area (Å²) in [6.07, 6.45) is 4.97. The Hall–Kier alpha value is -3.15. The van der Waals surface area contributed by atoms with E-state index in [1.165, 1.54) is 4.90 Å². The van der Waals surface area contributed by atoms with E-state index in [1.54, 1.807) is 49.6 Å². The first-order valence-electron chi connectivity index (χ1n) is 9.56. The molecule has 4 rings (SSSR count). The van der Waals surface area contributed by atoms with Gasteiger partial charge >= 0.3 is 0 Å². The molecule has 6 nitrogen and oxygen atoms in total. The van der Waals surface area contributed by atoms with Gasteiger partial charge in [-0.3, -0.25) is 19.3 Å². The normalized spacial score (nSPS) is 16.8. The highest BCUT2D eigenvalue weighted by molar-refractivity contribution is 6.22. The number of amides is 3. The molecule has 28 heavy (non-hydrogen) atoms. The van der Waals surface area contributed by atoms with Crippen molar-refractivity contribution in [3.05, 3.63) is 59.2 Å². The number of hydrogen-bond acceptors (Lipinski definition) is 4. The molecular formula is C22H22N2O4. The van der Waals surface area contributed by atoms with Gasteiger partial charge in [-0.05, 0) is 55.3 Å². The van der Waals surface area contributed by atoms with Crippen LogP contribution in [0.1, 0.15) is 63.2 Å². The lowest BCUT2D eigenvalue weighted by Gasteiger charge is -2.29. The number of hydrogen-bond donors (Lipinski definition) is 1. The molecule has 0 atom stereocenters. The number of methoxy groups -OCH3 is 1. The van der Waals surface area contributed by atoms with Crippen molar-refractivity contribution in [2.45, 2.75) is 38.1 Å². The van der Waals surface area contributed by atoms with E-state index in [0.717, 1.165) is 32.1 Å². The molecule has 2 aromatic carbocycles. The minimum absolute atomic E-state index is 0.0153. The highest BCUT2D eigenvalue weighted by Gasteiger charge is 2.40. The van der Waals surface area contributed by atoms with Gasteiger partial charge in [-0.1, -0.05) is 19.3 Å². The molecule has 1 saturated carbocycles. The fourth-order valence-corrected chi connectivity index (χ4v) is 3.95. The molecule has 0 unspecified atom stereocenters. The smallest absolute Gasteiger partial charge is 0.261 e. The van der Waals surface area contributed by atoms with Crippen molar-refractivity contribution in [2.24, 2.45) is 0 Å². The summed E-state index contributed by atoms with van der Waals surface area (Å²) in [5.74, 6) is -0.100. The second kappa shape index (κ2) is 7.46. The van der Waals surface area contributed by atoms with Crippen molar-refractivity contribution in [3.8, 4) is 5.75 Å². The predicted octanol–water partition coefficient (Wildman–Crippen LogP) is 3.88. The van der Waals surface area contributed by atoms with Crippen LogP contribution in [0.4, 0.5) is 5.69 Å². The maximum absolute atomic E-state index is 12.9. The highest BCUT2D eigenvalue weighted by atomic mass is 16.5. The zero-order valence-electron chi connectivity index (χ0n) is 15.7. The lowest BCUT2D eigenvalue weighted by Crippen LogP contribution is -2.40. The Balaban J connectivity index is 1.53. The van der Waals surface area contributed by atoms with Gasteiger partial charge in [-0.2, -0.15) is 0 Å². The van der Waals surface area contributed by atoms with Crippen molar-refractivity contribution >= 4 is 23.4 Å². The number of rotatable bonds is 4. The molecule has 1 N–H and O–H groups in total. The van der Waals surface area contributed by atoms with E-state index >= 15 is 0 Å². The number of imide groups is 1. The largest absolute Gasteiger partial charge is 0.497 e. The molecule has 0 bridgehead atoms. The third-order valence-corrected chi connectivity index (χ3v) is 5.47. The van der Waals surface area contributed by atoms with Crippen LogP contribution in [0.25, 0.3) is 0 Å². The summed E-state index contributed by atoms with van der Waals surface area (Å²) in [6.45, 7) is 0. The Kier molecular flexibility index (Phi) is 4.86. The van der Waals surface area contributed by atoms with Gasteiger partial charge in [0.2, 0.25) is 0 Å². The van der Waals surface area contributed by atoms with Crippen molar-refractivity contribution < 1.29 is 19.1 Å². The third kappa shape index (κ3) is 3.26. The maximum Gasteiger partial charge on any atom is 0.261 e. The van der Waals surface area contributed by atoms with Crippen LogP contribution < -0.4 is 10.1 Å². The molecule has 0 radical (unpaired) electrons. The second-order valence-corrected chi connectivity index (χ2v) is 7.22. The molecule has 1 heterocycles. The molecule has 1 aliphatic heterocycles. The summed E-state index contributed by atoms with van der Waals surface area (Å²) < 4.78 is 5.09. The van der Waals surface area contributed by atoms with Crippen LogP contribution in [0.3, 0.4) is 0 Å². The highest BCUT2D eigenvalue weighted by Crippen LogP contribution is 2.32. The Morgan fingerprint density at radius 2 is 1.64 bits per heavy atom. The van der Waals surface area contributed by atoms with E-state index in [2.05, 4.69) is 5.32 Å². The van der Waals surface area contributed by atoms with Crippen LogP contribution >= 0.6 is 0 Å². The minimum atomic E-state index is -0.288. The Morgan fingerprint density at radius 3 is 2.32 bits per heavy atom. The quantitative estimate of drug-likeness (QED) is 0.820. The van der Waals surface area contributed by atoms with Crippen molar-refractivity contribution in [3.63, 3.8) is 0 Å². The van der Waals surface area contributed by atoms with Gasteiger partial charge in [0.05, 0.1) is 18.2 Å². The topological polar surface area (TPSA) is 75.7 Å². The minimum Gasteiger partial charge on any atom is -0.497 e. The van der Waals surface area contributed by atoms with E-state index < -0.39 is 0 Å². The molecule has 1 aliphatic carbocycles. The van der Waals surface area contributed by atoms with Gasteiger partial charge in [-0.25, -0.2) is 0 Å². The SMILES string of the molecule is COc1ccc(C(=O)Nc2ccc3c(c2)C(=O)N(C2CCCCC2)C3=O)cc1. The Morgan fingerprint density at radius 1 is 0.964 bits per heavy atom. The van der Waals surface area contributed by atoms with Crippen LogP contribution in [0.5, 0.6) is 5.75 Å². The summed E-state index contributed by atoms with van der Waals surface area (Å²) in [7, 11) is 1.56. The summed E-state index contributed by atoms with van der Waals surface area (Å²) in [4.78, 5) is 39.5. The number of ether oxygens (including phenoxy) is 1. The number of carbonyl (C=O) groups excluding carboxylic acids is 3. The summed E-state index contributed by atoms with van der Waals surface area (Å²) in [5, 5.41) is 2.79. The van der Waals surface area contributed by atoms with Crippen LogP contribution in [-0.4, -0.2) is 35.8 Å². The number of carbonyl (C=O) groups is 3. The van der Waals surface area contributed by atoms with E-state index in [0.29, 0.717) is 28.1 Å². The molecule has 6 heteroatoms. The predicted molar refractivity (Wildman–Crippen MR) is 105 cm³/mol. The molecule has 144 valence electrons. The third-order valence-electron chi connectivity index (χ3n) is 5.47. The molecule has 0 saturated heterocycles. The summed E-state index contributed by atoms with van der Waals surface area (Å²) >= 11 is 0. The lowest BCUT2D eigenvalue weighted by molar-refractivity contribution is 0.0548. The summed E-state index contributed by atoms with van der Waals surface area (Å²) in [5.41, 5.74) is 1.75. The maximum atomic E-state index is 12.9. The Labute approximate surface area is 163 Å². The van der Waals surface area contributed by atoms with Crippen LogP contribution in [-0.2, 0) is 0 Å². The van der Waals surface area contributed by atoms with E-state index in [4.69, 9.17) is 4.74 Å². The fraction of sp³-hybridized carbons (Fsp3) is 0.318. The molecule has 2 aromatic rings. The Bertz CT molecular complexity index is 930. The van der Waals surface area contributed by atoms with Gasteiger partial charge in [0.15, 0.2) is 0 Å². The van der Waals surface area contributed by atoms with Crippen LogP contribution in [0.2, 0.25) is 0 Å². The van der Waals surface area contributed by atoms with Crippen LogP contribution in [0, 0.1) is 0 Å². The van der Waals surface area contributed by atoms with Gasteiger partial charge in [0.1, 0.15) is 5.75 Å². The number of nitrogens with one attached hydrogen (secondary N) is 1. The van der Waals surface area contributed by atoms with Gasteiger partial charge in [0.25, 0.3) is 17.7 Å². The number of anilines is 1. The van der Waals surface area contributed by atoms with Gasteiger partial charge < -0.3 is 10.1 Å². The van der Waals surface area contributed by atoms with Crippen LogP contribution in [0.15, 0.2) is 42.5 Å². The second-order valence-electron chi connectivity index (χ2n) is 7.22. The number of nitrogens with zero attached hydrogens (tertiary/aromatic N) is 1. The van der Waals surface area contributed by atoms with Gasteiger partial charge in [0, 0.05) is 17.3 Å². The standard InChI is InChI=1S/C22H22N2O4/c1-28-17-10-7-14(8-11-17)20(25)23-15-9-12-18-19(13-15)22(27)24(21(18)26)16-5-3-2-4-6-16/h7-13,16H,2-6H2,1H3,(H,23,25). The molecule has 1 fully saturated rings. The van der Waals surface area contributed by atoms with E-state index in [-0.39, 0.29) is 23.8 Å². The number of fused-ring (bicyclic) bond motifs is 1. The average molecular weight is 378 g/mol. The monoisotopic (exact) mass is 378 g/mol. The first-order chi connectivity index (χ1) is 13.6. The zero-order valence-corrected chi connectivity index (χ0v) is 15.7. The first-order valence-corrected chi connectivity index (χ1v) is 9.56. The molecular weight excluding hydrogens is 356 g/mol. The summed E-state index contributed by atoms with van der Waals surface area (Å²) in [6, 6.07) is 11.6. The fourth-order valence-electron chi connectivity index (χ4n) is 3.95. The molecule has 3 amide bonds. The van der Waals surface area contributed by atoms with E-state index in [9.17, 15) is 14.4 Å². The van der Waals surface area contributed by atoms with Crippen molar-refractivity contribution in [2.75, 3.05) is 12.4 Å². The van der Waals surface area contributed by atoms with Crippen molar-refractivity contribution in [1.29, 1.82) is 0 Å². The molecule has 2 aliphatic rings. The molecule has 0 spiro atoms. The lowest BCUT2D eigenvalue weighted by atomic mass is 9.94.